The smallest absolute Gasteiger partial charge is 0.203 e. The van der Waals surface area contributed by atoms with Gasteiger partial charge in [0.15, 0.2) is 0 Å². The highest BCUT2D eigenvalue weighted by Crippen LogP contribution is 2.41. The Labute approximate surface area is 90.6 Å². The third-order valence-corrected chi connectivity index (χ3v) is 4.78. The summed E-state index contributed by atoms with van der Waals surface area (Å²) >= 11 is 0. The van der Waals surface area contributed by atoms with Crippen molar-refractivity contribution in [2.75, 3.05) is 0 Å². The molecule has 2 nitrogen and oxygen atoms in total. The molecular weight excluding hydrogens is 208 g/mol. The zero-order chi connectivity index (χ0) is 11.3. The van der Waals surface area contributed by atoms with Crippen molar-refractivity contribution in [1.82, 2.24) is 0 Å². The summed E-state index contributed by atoms with van der Waals surface area (Å²) < 4.78 is 24.3. The predicted molar refractivity (Wildman–Crippen MR) is 61.1 cm³/mol. The van der Waals surface area contributed by atoms with Crippen LogP contribution in [0, 0.1) is 5.41 Å². The maximum Gasteiger partial charge on any atom is 0.203 e. The van der Waals surface area contributed by atoms with Crippen LogP contribution in [0.2, 0.25) is 0 Å². The van der Waals surface area contributed by atoms with Crippen LogP contribution >= 0.6 is 0 Å². The molecule has 0 radical (unpaired) electrons. The molecule has 0 aliphatic carbocycles. The normalized spacial score (nSPS) is 18.5. The van der Waals surface area contributed by atoms with Crippen LogP contribution in [-0.4, -0.2) is 8.42 Å². The van der Waals surface area contributed by atoms with Gasteiger partial charge in [-0.2, -0.15) is 0 Å². The number of rotatable bonds is 0. The van der Waals surface area contributed by atoms with Crippen LogP contribution in [0.15, 0.2) is 34.1 Å². The fraction of sp³-hybridized carbons (Fsp3) is 0.333. The van der Waals surface area contributed by atoms with Crippen LogP contribution in [-0.2, 0) is 9.84 Å². The second kappa shape index (κ2) is 2.95. The van der Waals surface area contributed by atoms with Crippen molar-refractivity contribution >= 4 is 15.9 Å². The second-order valence-corrected chi connectivity index (χ2v) is 6.69. The average molecular weight is 222 g/mol. The Morgan fingerprint density at radius 3 is 2.20 bits per heavy atom. The van der Waals surface area contributed by atoms with Gasteiger partial charge in [-0.1, -0.05) is 39.0 Å². The van der Waals surface area contributed by atoms with Gasteiger partial charge in [0, 0.05) is 0 Å². The largest absolute Gasteiger partial charge is 0.219 e. The molecule has 0 saturated heterocycles. The van der Waals surface area contributed by atoms with E-state index in [0.29, 0.717) is 9.80 Å². The summed E-state index contributed by atoms with van der Waals surface area (Å²) in [6, 6.07) is 7.12. The van der Waals surface area contributed by atoms with Gasteiger partial charge in [0.1, 0.15) is 0 Å². The Morgan fingerprint density at radius 2 is 1.67 bits per heavy atom. The van der Waals surface area contributed by atoms with Crippen molar-refractivity contribution in [1.29, 1.82) is 0 Å². The standard InChI is InChI=1S/C12H14O2S/c1-12(2,3)11-8-9-6-4-5-7-10(9)15(11,13)14/h4-8H,1-3H3. The lowest BCUT2D eigenvalue weighted by Gasteiger charge is -2.19. The van der Waals surface area contributed by atoms with Gasteiger partial charge in [0.05, 0.1) is 9.80 Å². The number of fused-ring (bicyclic) bond motifs is 1. The van der Waals surface area contributed by atoms with Crippen LogP contribution in [0.4, 0.5) is 0 Å². The molecule has 2 rings (SSSR count). The van der Waals surface area contributed by atoms with Crippen LogP contribution in [0.5, 0.6) is 0 Å². The summed E-state index contributed by atoms with van der Waals surface area (Å²) in [5, 5.41) is 0. The van der Waals surface area contributed by atoms with E-state index in [0.717, 1.165) is 5.56 Å². The van der Waals surface area contributed by atoms with Crippen molar-refractivity contribution in [3.05, 3.63) is 34.7 Å². The summed E-state index contributed by atoms with van der Waals surface area (Å²) in [5.74, 6) is 0. The van der Waals surface area contributed by atoms with Gasteiger partial charge in [-0.15, -0.1) is 0 Å². The molecule has 1 heterocycles. The van der Waals surface area contributed by atoms with E-state index in [4.69, 9.17) is 0 Å². The fourth-order valence-corrected chi connectivity index (χ4v) is 3.82. The van der Waals surface area contributed by atoms with Crippen molar-refractivity contribution in [3.63, 3.8) is 0 Å². The maximum absolute atomic E-state index is 12.2. The Bertz CT molecular complexity index is 531. The molecule has 0 unspecified atom stereocenters. The molecule has 0 fully saturated rings. The molecule has 1 aromatic carbocycles. The molecule has 3 heteroatoms. The molecule has 80 valence electrons. The van der Waals surface area contributed by atoms with Gasteiger partial charge in [0.25, 0.3) is 0 Å². The van der Waals surface area contributed by atoms with E-state index in [1.807, 2.05) is 32.9 Å². The molecule has 15 heavy (non-hydrogen) atoms. The zero-order valence-electron chi connectivity index (χ0n) is 9.11. The SMILES string of the molecule is CC(C)(C)C1=Cc2ccccc2S1(=O)=O. The second-order valence-electron chi connectivity index (χ2n) is 4.80. The number of allylic oxidation sites excluding steroid dienone is 1. The molecule has 0 aromatic heterocycles. The minimum atomic E-state index is -3.24. The first-order chi connectivity index (χ1) is 6.83. The van der Waals surface area contributed by atoms with Gasteiger partial charge in [-0.25, -0.2) is 8.42 Å². The minimum Gasteiger partial charge on any atom is -0.219 e. The van der Waals surface area contributed by atoms with Crippen molar-refractivity contribution in [3.8, 4) is 0 Å². The third kappa shape index (κ3) is 1.51. The van der Waals surface area contributed by atoms with E-state index in [1.54, 1.807) is 18.2 Å². The molecule has 1 aliphatic rings. The van der Waals surface area contributed by atoms with E-state index in [9.17, 15) is 8.42 Å². The predicted octanol–water partition coefficient (Wildman–Crippen LogP) is 2.86. The van der Waals surface area contributed by atoms with Crippen molar-refractivity contribution < 1.29 is 8.42 Å². The Balaban J connectivity index is 2.70. The van der Waals surface area contributed by atoms with Crippen LogP contribution in [0.25, 0.3) is 6.08 Å². The van der Waals surface area contributed by atoms with E-state index in [-0.39, 0.29) is 5.41 Å². The van der Waals surface area contributed by atoms with Gasteiger partial charge in [-0.3, -0.25) is 0 Å². The Hall–Kier alpha value is -1.09. The van der Waals surface area contributed by atoms with Crippen molar-refractivity contribution in [2.45, 2.75) is 25.7 Å². The molecule has 0 bridgehead atoms. The summed E-state index contributed by atoms with van der Waals surface area (Å²) in [4.78, 5) is 0.950. The van der Waals surface area contributed by atoms with Gasteiger partial charge in [-0.05, 0) is 23.1 Å². The summed E-state index contributed by atoms with van der Waals surface area (Å²) in [6.07, 6.45) is 1.78. The van der Waals surface area contributed by atoms with E-state index in [1.165, 1.54) is 0 Å². The van der Waals surface area contributed by atoms with Crippen LogP contribution < -0.4 is 0 Å². The van der Waals surface area contributed by atoms with Gasteiger partial charge < -0.3 is 0 Å². The first-order valence-electron chi connectivity index (χ1n) is 4.90. The molecule has 0 amide bonds. The third-order valence-electron chi connectivity index (χ3n) is 2.52. The number of benzene rings is 1. The number of sulfone groups is 1. The van der Waals surface area contributed by atoms with Crippen LogP contribution in [0.1, 0.15) is 26.3 Å². The number of hydrogen-bond donors (Lipinski definition) is 0. The lowest BCUT2D eigenvalue weighted by molar-refractivity contribution is 0.519. The summed E-state index contributed by atoms with van der Waals surface area (Å²) in [7, 11) is -3.24. The minimum absolute atomic E-state index is 0.335. The zero-order valence-corrected chi connectivity index (χ0v) is 9.93. The molecule has 0 atom stereocenters. The quantitative estimate of drug-likeness (QED) is 0.676. The first-order valence-corrected chi connectivity index (χ1v) is 6.38. The molecule has 1 aromatic rings. The monoisotopic (exact) mass is 222 g/mol. The van der Waals surface area contributed by atoms with Gasteiger partial charge in [0.2, 0.25) is 9.84 Å². The van der Waals surface area contributed by atoms with Gasteiger partial charge >= 0.3 is 0 Å². The average Bonchev–Trinajstić information content (AvgIpc) is 2.39. The molecule has 0 N–H and O–H groups in total. The number of hydrogen-bond acceptors (Lipinski definition) is 2. The lowest BCUT2D eigenvalue weighted by atomic mass is 9.95. The highest BCUT2D eigenvalue weighted by molar-refractivity contribution is 7.95. The van der Waals surface area contributed by atoms with Crippen molar-refractivity contribution in [2.24, 2.45) is 5.41 Å². The molecule has 1 aliphatic heterocycles. The Kier molecular flexibility index (Phi) is 2.05. The highest BCUT2D eigenvalue weighted by Gasteiger charge is 2.36. The molecule has 0 saturated carbocycles. The maximum atomic E-state index is 12.2. The Morgan fingerprint density at radius 1 is 1.07 bits per heavy atom. The molecular formula is C12H14O2S. The fourth-order valence-electron chi connectivity index (χ4n) is 1.80. The van der Waals surface area contributed by atoms with E-state index in [2.05, 4.69) is 0 Å². The van der Waals surface area contributed by atoms with Crippen LogP contribution in [0.3, 0.4) is 0 Å². The van der Waals surface area contributed by atoms with E-state index < -0.39 is 9.84 Å². The summed E-state index contributed by atoms with van der Waals surface area (Å²) in [5.41, 5.74) is 0.472. The summed E-state index contributed by atoms with van der Waals surface area (Å²) in [6.45, 7) is 5.76. The topological polar surface area (TPSA) is 34.1 Å². The van der Waals surface area contributed by atoms with E-state index >= 15 is 0 Å². The highest BCUT2D eigenvalue weighted by atomic mass is 32.2. The lowest BCUT2D eigenvalue weighted by Crippen LogP contribution is -2.15. The first kappa shape index (κ1) is 10.4. The molecule has 0 spiro atoms.